The first kappa shape index (κ1) is 17.0. The van der Waals surface area contributed by atoms with Crippen molar-refractivity contribution in [2.24, 2.45) is 5.14 Å². The Morgan fingerprint density at radius 2 is 1.71 bits per heavy atom. The summed E-state index contributed by atoms with van der Waals surface area (Å²) < 4.78 is 24.7. The Labute approximate surface area is 149 Å². The number of imidazole rings is 1. The summed E-state index contributed by atoms with van der Waals surface area (Å²) in [7, 11) is -3.71. The van der Waals surface area contributed by atoms with Crippen LogP contribution in [0.15, 0.2) is 64.6 Å². The summed E-state index contributed by atoms with van der Waals surface area (Å²) in [5.74, 6) is 0.711. The third-order valence-corrected chi connectivity index (χ3v) is 5.23. The lowest BCUT2D eigenvalue weighted by molar-refractivity contribution is 0.598. The Morgan fingerprint density at radius 3 is 2.25 bits per heavy atom. The van der Waals surface area contributed by atoms with Gasteiger partial charge in [0.1, 0.15) is 10.9 Å². The highest BCUT2D eigenvalue weighted by Gasteiger charge is 2.13. The van der Waals surface area contributed by atoms with Gasteiger partial charge in [0.05, 0.1) is 4.90 Å². The molecule has 1 aromatic heterocycles. The Bertz CT molecular complexity index is 966. The molecule has 1 heterocycles. The average molecular weight is 380 g/mol. The van der Waals surface area contributed by atoms with Crippen molar-refractivity contribution in [1.29, 1.82) is 0 Å². The fourth-order valence-electron chi connectivity index (χ4n) is 2.25. The minimum atomic E-state index is -3.71. The monoisotopic (exact) mass is 379 g/mol. The average Bonchev–Trinajstić information content (AvgIpc) is 2.99. The van der Waals surface area contributed by atoms with Crippen LogP contribution in [0.3, 0.4) is 0 Å². The molecule has 0 aliphatic carbocycles. The molecule has 3 rings (SSSR count). The number of hydrogen-bond acceptors (Lipinski definition) is 4. The van der Waals surface area contributed by atoms with Crippen molar-refractivity contribution < 1.29 is 8.42 Å². The predicted octanol–water partition coefficient (Wildman–Crippen LogP) is 3.56. The van der Waals surface area contributed by atoms with E-state index in [-0.39, 0.29) is 4.90 Å². The lowest BCUT2D eigenvalue weighted by Gasteiger charge is -2.08. The molecule has 24 heavy (non-hydrogen) atoms. The predicted molar refractivity (Wildman–Crippen MR) is 97.2 cm³/mol. The number of primary sulfonamides is 1. The highest BCUT2D eigenvalue weighted by molar-refractivity contribution is 7.98. The number of rotatable bonds is 4. The zero-order chi connectivity index (χ0) is 17.3. The van der Waals surface area contributed by atoms with Gasteiger partial charge >= 0.3 is 0 Å². The normalized spacial score (nSPS) is 11.6. The van der Waals surface area contributed by atoms with E-state index in [0.29, 0.717) is 10.8 Å². The Kier molecular flexibility index (Phi) is 4.69. The van der Waals surface area contributed by atoms with Crippen LogP contribution in [-0.4, -0.2) is 24.2 Å². The van der Waals surface area contributed by atoms with Gasteiger partial charge in [0.2, 0.25) is 10.0 Å². The van der Waals surface area contributed by atoms with Crippen molar-refractivity contribution in [3.8, 4) is 17.1 Å². The molecule has 0 bridgehead atoms. The van der Waals surface area contributed by atoms with Crippen LogP contribution in [0.4, 0.5) is 0 Å². The summed E-state index contributed by atoms with van der Waals surface area (Å²) in [5.41, 5.74) is 1.70. The lowest BCUT2D eigenvalue weighted by Crippen LogP contribution is -2.11. The van der Waals surface area contributed by atoms with Crippen molar-refractivity contribution in [2.75, 3.05) is 6.26 Å². The van der Waals surface area contributed by atoms with Gasteiger partial charge < -0.3 is 0 Å². The molecule has 0 fully saturated rings. The largest absolute Gasteiger partial charge is 0.299 e. The van der Waals surface area contributed by atoms with Gasteiger partial charge in [-0.2, -0.15) is 0 Å². The van der Waals surface area contributed by atoms with Crippen LogP contribution < -0.4 is 5.14 Å². The molecule has 0 unspecified atom stereocenters. The van der Waals surface area contributed by atoms with Crippen LogP contribution in [0.2, 0.25) is 5.02 Å². The molecular weight excluding hydrogens is 366 g/mol. The van der Waals surface area contributed by atoms with Crippen LogP contribution in [-0.2, 0) is 10.0 Å². The number of thioether (sulfide) groups is 1. The summed E-state index contributed by atoms with van der Waals surface area (Å²) in [4.78, 5) is 4.67. The van der Waals surface area contributed by atoms with E-state index in [2.05, 4.69) is 4.98 Å². The first-order valence-electron chi connectivity index (χ1n) is 6.91. The Balaban J connectivity index is 2.10. The van der Waals surface area contributed by atoms with E-state index in [1.54, 1.807) is 12.1 Å². The van der Waals surface area contributed by atoms with Gasteiger partial charge in [0.25, 0.3) is 0 Å². The molecular formula is C16H14ClN3O2S2. The van der Waals surface area contributed by atoms with Crippen molar-refractivity contribution in [2.45, 2.75) is 9.92 Å². The van der Waals surface area contributed by atoms with E-state index in [4.69, 9.17) is 16.7 Å². The van der Waals surface area contributed by atoms with Crippen LogP contribution in [0, 0.1) is 0 Å². The highest BCUT2D eigenvalue weighted by Crippen LogP contribution is 2.27. The molecule has 0 spiro atoms. The second kappa shape index (κ2) is 6.60. The number of halogens is 1. The molecule has 0 aliphatic heterocycles. The van der Waals surface area contributed by atoms with Crippen molar-refractivity contribution in [3.05, 3.63) is 59.8 Å². The second-order valence-corrected chi connectivity index (χ2v) is 7.85. The number of benzene rings is 2. The van der Waals surface area contributed by atoms with Crippen LogP contribution in [0.25, 0.3) is 17.1 Å². The van der Waals surface area contributed by atoms with Gasteiger partial charge in [-0.3, -0.25) is 4.57 Å². The standard InChI is InChI=1S/C16H14ClN3O2S2/c1-23-15-10-20(13-6-4-12(17)5-7-13)16(19-15)11-2-8-14(9-3-11)24(18,21)22/h2-10H,1H3,(H2,18,21,22). The summed E-state index contributed by atoms with van der Waals surface area (Å²) >= 11 is 7.48. The van der Waals surface area contributed by atoms with Gasteiger partial charge in [0, 0.05) is 22.5 Å². The fraction of sp³-hybridized carbons (Fsp3) is 0.0625. The maximum atomic E-state index is 11.4. The van der Waals surface area contributed by atoms with E-state index in [1.165, 1.54) is 23.9 Å². The third-order valence-electron chi connectivity index (χ3n) is 3.44. The summed E-state index contributed by atoms with van der Waals surface area (Å²) in [5, 5.41) is 6.65. The van der Waals surface area contributed by atoms with Crippen LogP contribution in [0.5, 0.6) is 0 Å². The molecule has 0 aliphatic rings. The molecule has 5 nitrogen and oxygen atoms in total. The van der Waals surface area contributed by atoms with Gasteiger partial charge in [-0.15, -0.1) is 11.8 Å². The molecule has 0 saturated carbocycles. The van der Waals surface area contributed by atoms with Gasteiger partial charge in [-0.25, -0.2) is 18.5 Å². The zero-order valence-corrected chi connectivity index (χ0v) is 15.1. The van der Waals surface area contributed by atoms with Crippen LogP contribution in [0.1, 0.15) is 0 Å². The molecule has 2 N–H and O–H groups in total. The summed E-state index contributed by atoms with van der Waals surface area (Å²) in [6.07, 6.45) is 3.87. The van der Waals surface area contributed by atoms with E-state index < -0.39 is 10.0 Å². The molecule has 124 valence electrons. The minimum Gasteiger partial charge on any atom is -0.299 e. The molecule has 0 saturated heterocycles. The number of nitrogens with zero attached hydrogens (tertiary/aromatic N) is 2. The molecule has 8 heteroatoms. The highest BCUT2D eigenvalue weighted by atomic mass is 35.5. The SMILES string of the molecule is CSc1cn(-c2ccc(Cl)cc2)c(-c2ccc(S(N)(=O)=O)cc2)n1. The third kappa shape index (κ3) is 3.49. The first-order chi connectivity index (χ1) is 11.4. The summed E-state index contributed by atoms with van der Waals surface area (Å²) in [6.45, 7) is 0. The fourth-order valence-corrected chi connectivity index (χ4v) is 3.28. The minimum absolute atomic E-state index is 0.0703. The summed E-state index contributed by atoms with van der Waals surface area (Å²) in [6, 6.07) is 13.8. The number of sulfonamides is 1. The first-order valence-corrected chi connectivity index (χ1v) is 10.1. The number of nitrogens with two attached hydrogens (primary N) is 1. The molecule has 2 aromatic carbocycles. The topological polar surface area (TPSA) is 78.0 Å². The smallest absolute Gasteiger partial charge is 0.238 e. The van der Waals surface area contributed by atoms with Crippen molar-refractivity contribution in [1.82, 2.24) is 9.55 Å². The number of hydrogen-bond donors (Lipinski definition) is 1. The van der Waals surface area contributed by atoms with Gasteiger partial charge in [0.15, 0.2) is 0 Å². The molecule has 3 aromatic rings. The van der Waals surface area contributed by atoms with E-state index in [0.717, 1.165) is 16.3 Å². The maximum Gasteiger partial charge on any atom is 0.238 e. The van der Waals surface area contributed by atoms with Crippen molar-refractivity contribution >= 4 is 33.4 Å². The quantitative estimate of drug-likeness (QED) is 0.703. The van der Waals surface area contributed by atoms with Gasteiger partial charge in [-0.1, -0.05) is 11.6 Å². The van der Waals surface area contributed by atoms with E-state index in [1.807, 2.05) is 41.3 Å². The Hall–Kier alpha value is -1.80. The van der Waals surface area contributed by atoms with E-state index >= 15 is 0 Å². The zero-order valence-electron chi connectivity index (χ0n) is 12.7. The number of aromatic nitrogens is 2. The second-order valence-electron chi connectivity index (χ2n) is 5.02. The molecule has 0 radical (unpaired) electrons. The van der Waals surface area contributed by atoms with Crippen LogP contribution >= 0.6 is 23.4 Å². The Morgan fingerprint density at radius 1 is 1.08 bits per heavy atom. The molecule has 0 atom stereocenters. The van der Waals surface area contributed by atoms with Crippen molar-refractivity contribution in [3.63, 3.8) is 0 Å². The molecule has 0 amide bonds. The lowest BCUT2D eigenvalue weighted by atomic mass is 10.2. The maximum absolute atomic E-state index is 11.4. The van der Waals surface area contributed by atoms with E-state index in [9.17, 15) is 8.42 Å². The van der Waals surface area contributed by atoms with Gasteiger partial charge in [-0.05, 0) is 54.8 Å².